The van der Waals surface area contributed by atoms with Crippen LogP contribution in [0.15, 0.2) is 18.2 Å². The quantitative estimate of drug-likeness (QED) is 0.799. The van der Waals surface area contributed by atoms with Gasteiger partial charge in [-0.15, -0.1) is 0 Å². The number of nitrogens with zero attached hydrogens (tertiary/aromatic N) is 1. The highest BCUT2D eigenvalue weighted by Gasteiger charge is 2.30. The Balaban J connectivity index is 2.15. The van der Waals surface area contributed by atoms with Crippen molar-refractivity contribution < 1.29 is 13.9 Å². The van der Waals surface area contributed by atoms with E-state index in [1.165, 1.54) is 0 Å². The topological polar surface area (TPSA) is 29.5 Å². The van der Waals surface area contributed by atoms with Gasteiger partial charge in [-0.1, -0.05) is 37.8 Å². The summed E-state index contributed by atoms with van der Waals surface area (Å²) < 4.78 is 19.5. The van der Waals surface area contributed by atoms with Crippen LogP contribution in [0.25, 0.3) is 0 Å². The number of hydrogen-bond acceptors (Lipinski definition) is 2. The Morgan fingerprint density at radius 3 is 2.96 bits per heavy atom. The minimum Gasteiger partial charge on any atom is -0.372 e. The third kappa shape index (κ3) is 4.33. The molecule has 124 valence electrons. The van der Waals surface area contributed by atoms with Gasteiger partial charge in [-0.2, -0.15) is 0 Å². The molecule has 1 unspecified atom stereocenters. The second kappa shape index (κ2) is 8.12. The molecule has 1 aromatic carbocycles. The van der Waals surface area contributed by atoms with Crippen LogP contribution in [0.4, 0.5) is 4.39 Å². The van der Waals surface area contributed by atoms with Gasteiger partial charge in [-0.25, -0.2) is 4.39 Å². The molecule has 0 aliphatic carbocycles. The van der Waals surface area contributed by atoms with Gasteiger partial charge < -0.3 is 9.64 Å². The van der Waals surface area contributed by atoms with E-state index in [0.717, 1.165) is 19.4 Å². The maximum Gasteiger partial charge on any atom is 0.225 e. The monoisotopic (exact) mass is 317 g/mol. The Hall–Kier alpha value is -1.86. The molecule has 0 bridgehead atoms. The van der Waals surface area contributed by atoms with Crippen molar-refractivity contribution in [2.24, 2.45) is 5.92 Å². The van der Waals surface area contributed by atoms with Crippen LogP contribution in [0.3, 0.4) is 0 Å². The molecule has 1 heterocycles. The first-order chi connectivity index (χ1) is 11.0. The molecule has 1 aromatic rings. The molecule has 1 amide bonds. The van der Waals surface area contributed by atoms with E-state index in [0.29, 0.717) is 17.5 Å². The average molecular weight is 317 g/mol. The second-order valence-electron chi connectivity index (χ2n) is 6.20. The lowest BCUT2D eigenvalue weighted by Crippen LogP contribution is -2.39. The molecule has 23 heavy (non-hydrogen) atoms. The fraction of sp³-hybridized carbons (Fsp3) is 0.526. The summed E-state index contributed by atoms with van der Waals surface area (Å²) in [5, 5.41) is 0. The Kier molecular flexibility index (Phi) is 6.18. The highest BCUT2D eigenvalue weighted by Crippen LogP contribution is 2.25. The minimum absolute atomic E-state index is 0.0216. The van der Waals surface area contributed by atoms with Crippen LogP contribution in [0, 0.1) is 23.6 Å². The summed E-state index contributed by atoms with van der Waals surface area (Å²) in [6, 6.07) is 5.36. The van der Waals surface area contributed by atoms with Crippen LogP contribution < -0.4 is 0 Å². The molecule has 0 radical (unpaired) electrons. The highest BCUT2D eigenvalue weighted by atomic mass is 19.1. The zero-order valence-corrected chi connectivity index (χ0v) is 14.1. The van der Waals surface area contributed by atoms with Crippen LogP contribution in [-0.4, -0.2) is 37.1 Å². The van der Waals surface area contributed by atoms with Gasteiger partial charge in [-0.05, 0) is 30.9 Å². The number of carbonyl (C=O) groups excluding carboxylic acids is 1. The van der Waals surface area contributed by atoms with Crippen molar-refractivity contribution in [3.8, 4) is 11.8 Å². The molecule has 1 aliphatic heterocycles. The lowest BCUT2D eigenvalue weighted by molar-refractivity contribution is -0.135. The van der Waals surface area contributed by atoms with Crippen molar-refractivity contribution in [1.29, 1.82) is 0 Å². The van der Waals surface area contributed by atoms with E-state index in [-0.39, 0.29) is 30.3 Å². The predicted molar refractivity (Wildman–Crippen MR) is 88.4 cm³/mol. The molecule has 0 saturated carbocycles. The molecule has 0 spiro atoms. The minimum atomic E-state index is -0.278. The molecular weight excluding hydrogens is 293 g/mol. The van der Waals surface area contributed by atoms with Crippen molar-refractivity contribution >= 4 is 5.91 Å². The summed E-state index contributed by atoms with van der Waals surface area (Å²) in [5.74, 6) is 5.44. The van der Waals surface area contributed by atoms with Gasteiger partial charge in [0.25, 0.3) is 0 Å². The molecule has 4 heteroatoms. The van der Waals surface area contributed by atoms with Crippen molar-refractivity contribution in [2.75, 3.05) is 20.3 Å². The fourth-order valence-corrected chi connectivity index (χ4v) is 2.96. The van der Waals surface area contributed by atoms with Crippen molar-refractivity contribution in [3.63, 3.8) is 0 Å². The molecule has 2 rings (SSSR count). The van der Waals surface area contributed by atoms with Gasteiger partial charge in [0.15, 0.2) is 0 Å². The summed E-state index contributed by atoms with van der Waals surface area (Å²) in [4.78, 5) is 14.2. The summed E-state index contributed by atoms with van der Waals surface area (Å²) in [6.45, 7) is 4.87. The van der Waals surface area contributed by atoms with E-state index in [2.05, 4.69) is 11.8 Å². The third-order valence-electron chi connectivity index (χ3n) is 4.13. The molecular formula is C19H24FNO2. The van der Waals surface area contributed by atoms with E-state index < -0.39 is 0 Å². The number of carbonyl (C=O) groups is 1. The van der Waals surface area contributed by atoms with E-state index in [1.54, 1.807) is 19.2 Å². The predicted octanol–water partition coefficient (Wildman–Crippen LogP) is 3.01. The number of likely N-dealkylation sites (tertiary alicyclic amines) is 1. The number of amides is 1. The Morgan fingerprint density at radius 1 is 1.48 bits per heavy atom. The van der Waals surface area contributed by atoms with E-state index >= 15 is 0 Å². The van der Waals surface area contributed by atoms with Gasteiger partial charge in [0, 0.05) is 25.6 Å². The summed E-state index contributed by atoms with van der Waals surface area (Å²) >= 11 is 0. The first-order valence-corrected chi connectivity index (χ1v) is 8.10. The molecule has 0 N–H and O–H groups in total. The van der Waals surface area contributed by atoms with Crippen LogP contribution in [0.2, 0.25) is 0 Å². The Morgan fingerprint density at radius 2 is 2.26 bits per heavy atom. The largest absolute Gasteiger partial charge is 0.372 e. The lowest BCUT2D eigenvalue weighted by atomic mass is 10.0. The molecule has 3 nitrogen and oxygen atoms in total. The van der Waals surface area contributed by atoms with Gasteiger partial charge in [0.2, 0.25) is 5.91 Å². The van der Waals surface area contributed by atoms with Crippen molar-refractivity contribution in [2.45, 2.75) is 39.2 Å². The van der Waals surface area contributed by atoms with Crippen LogP contribution in [-0.2, 0) is 16.0 Å². The summed E-state index contributed by atoms with van der Waals surface area (Å²) in [5.41, 5.74) is 1.02. The zero-order chi connectivity index (χ0) is 16.8. The van der Waals surface area contributed by atoms with Crippen LogP contribution in [0.5, 0.6) is 0 Å². The summed E-state index contributed by atoms with van der Waals surface area (Å²) in [7, 11) is 1.56. The number of hydrogen-bond donors (Lipinski definition) is 0. The summed E-state index contributed by atoms with van der Waals surface area (Å²) in [6.07, 6.45) is 2.46. The maximum atomic E-state index is 14.6. The molecule has 1 fully saturated rings. The number of ether oxygens (including phenoxy) is 1. The number of methoxy groups -OCH3 is 1. The number of benzene rings is 1. The van der Waals surface area contributed by atoms with Crippen molar-refractivity contribution in [3.05, 3.63) is 35.1 Å². The van der Waals surface area contributed by atoms with Crippen LogP contribution in [0.1, 0.15) is 37.8 Å². The molecule has 1 saturated heterocycles. The SMILES string of the molecule is COCC#Cc1cccc(CC2CCCN2C(=O)C(C)C)c1F. The third-order valence-corrected chi connectivity index (χ3v) is 4.13. The second-order valence-corrected chi connectivity index (χ2v) is 6.20. The molecule has 1 aliphatic rings. The molecule has 0 aromatic heterocycles. The van der Waals surface area contributed by atoms with E-state index in [1.807, 2.05) is 24.8 Å². The standard InChI is InChI=1S/C19H24FNO2/c1-14(2)19(22)21-11-5-10-17(21)13-16-8-4-7-15(18(16)20)9-6-12-23-3/h4,7-8,14,17H,5,10-13H2,1-3H3. The smallest absolute Gasteiger partial charge is 0.225 e. The van der Waals surface area contributed by atoms with Gasteiger partial charge in [0.1, 0.15) is 12.4 Å². The van der Waals surface area contributed by atoms with E-state index in [9.17, 15) is 9.18 Å². The maximum absolute atomic E-state index is 14.6. The van der Waals surface area contributed by atoms with Crippen molar-refractivity contribution in [1.82, 2.24) is 4.90 Å². The normalized spacial score (nSPS) is 17.3. The van der Waals surface area contributed by atoms with E-state index in [4.69, 9.17) is 4.74 Å². The fourth-order valence-electron chi connectivity index (χ4n) is 2.96. The highest BCUT2D eigenvalue weighted by molar-refractivity contribution is 5.78. The lowest BCUT2D eigenvalue weighted by Gasteiger charge is -2.26. The zero-order valence-electron chi connectivity index (χ0n) is 14.1. The number of halogens is 1. The first kappa shape index (κ1) is 17.5. The van der Waals surface area contributed by atoms with Crippen LogP contribution >= 0.6 is 0 Å². The number of rotatable bonds is 4. The Labute approximate surface area is 137 Å². The van der Waals surface area contributed by atoms with Gasteiger partial charge in [0.05, 0.1) is 5.56 Å². The Bertz CT molecular complexity index is 616. The first-order valence-electron chi connectivity index (χ1n) is 8.10. The molecule has 1 atom stereocenters. The average Bonchev–Trinajstić information content (AvgIpc) is 2.98. The van der Waals surface area contributed by atoms with Gasteiger partial charge in [-0.3, -0.25) is 4.79 Å². The van der Waals surface area contributed by atoms with Gasteiger partial charge >= 0.3 is 0 Å².